The molecule has 0 spiro atoms. The van der Waals surface area contributed by atoms with Crippen molar-refractivity contribution < 1.29 is 13.9 Å². The van der Waals surface area contributed by atoms with Crippen molar-refractivity contribution in [3.63, 3.8) is 0 Å². The van der Waals surface area contributed by atoms with Crippen LogP contribution in [-0.2, 0) is 9.53 Å². The Morgan fingerprint density at radius 1 is 1.03 bits per heavy atom. The molecule has 2 unspecified atom stereocenters. The van der Waals surface area contributed by atoms with E-state index in [9.17, 15) is 4.79 Å². The number of carbonyl (C=O) groups excluding carboxylic acids is 1. The van der Waals surface area contributed by atoms with Crippen molar-refractivity contribution in [3.8, 4) is 11.3 Å². The molecule has 2 atom stereocenters. The summed E-state index contributed by atoms with van der Waals surface area (Å²) in [5, 5.41) is 0. The topological polar surface area (TPSA) is 78.3 Å². The van der Waals surface area contributed by atoms with Gasteiger partial charge >= 0.3 is 0 Å². The summed E-state index contributed by atoms with van der Waals surface area (Å²) in [5.41, 5.74) is 9.40. The van der Waals surface area contributed by atoms with Crippen molar-refractivity contribution in [2.45, 2.75) is 116 Å². The van der Waals surface area contributed by atoms with Crippen LogP contribution in [0.2, 0.25) is 0 Å². The minimum absolute atomic E-state index is 0.0905. The molecule has 2 aromatic rings. The molecule has 0 aromatic carbocycles. The second-order valence-corrected chi connectivity index (χ2v) is 10.7. The van der Waals surface area contributed by atoms with E-state index in [1.165, 1.54) is 77.0 Å². The van der Waals surface area contributed by atoms with E-state index in [4.69, 9.17) is 14.9 Å². The summed E-state index contributed by atoms with van der Waals surface area (Å²) < 4.78 is 11.3. The van der Waals surface area contributed by atoms with Gasteiger partial charge in [0.2, 0.25) is 0 Å². The number of ketones is 1. The first-order valence-corrected chi connectivity index (χ1v) is 14.5. The van der Waals surface area contributed by atoms with Crippen LogP contribution in [0, 0.1) is 5.92 Å². The van der Waals surface area contributed by atoms with Gasteiger partial charge < -0.3 is 14.9 Å². The number of nitrogens with zero attached hydrogens (tertiary/aromatic N) is 1. The number of rotatable bonds is 17. The molecular formula is C28H44N2O3S. The predicted octanol–water partition coefficient (Wildman–Crippen LogP) is 8.50. The lowest BCUT2D eigenvalue weighted by Gasteiger charge is -2.28. The van der Waals surface area contributed by atoms with Crippen molar-refractivity contribution in [3.05, 3.63) is 22.7 Å². The molecule has 3 rings (SSSR count). The first-order valence-electron chi connectivity index (χ1n) is 13.6. The molecule has 0 radical (unpaired) electrons. The standard InChI is InChI=1S/C28H44N2O3S/c1-2-3-4-5-6-7-8-9-10-11-12-13-14-15-24(31)22-16-18-32-25(20-22)27-26(30-21-34-27)23-17-19-33-28(23)29/h17,19,21-22,25H,2-16,18,20,29H2,1H3. The highest BCUT2D eigenvalue weighted by molar-refractivity contribution is 7.10. The van der Waals surface area contributed by atoms with E-state index >= 15 is 0 Å². The van der Waals surface area contributed by atoms with Crippen molar-refractivity contribution in [2.75, 3.05) is 12.3 Å². The van der Waals surface area contributed by atoms with Crippen LogP contribution in [0.1, 0.15) is 121 Å². The van der Waals surface area contributed by atoms with Gasteiger partial charge in [-0.15, -0.1) is 11.3 Å². The Kier molecular flexibility index (Phi) is 12.2. The Bertz CT molecular complexity index is 831. The molecule has 1 aliphatic rings. The highest BCUT2D eigenvalue weighted by Crippen LogP contribution is 2.41. The van der Waals surface area contributed by atoms with Crippen LogP contribution in [0.3, 0.4) is 0 Å². The molecule has 2 aromatic heterocycles. The summed E-state index contributed by atoms with van der Waals surface area (Å²) >= 11 is 1.57. The van der Waals surface area contributed by atoms with Crippen LogP contribution < -0.4 is 5.73 Å². The van der Waals surface area contributed by atoms with Crippen LogP contribution in [0.5, 0.6) is 0 Å². The third-order valence-corrected chi connectivity index (χ3v) is 8.02. The number of unbranched alkanes of at least 4 members (excludes halogenated alkanes) is 12. The van der Waals surface area contributed by atoms with Gasteiger partial charge in [-0.25, -0.2) is 4.98 Å². The highest BCUT2D eigenvalue weighted by Gasteiger charge is 2.31. The average molecular weight is 489 g/mol. The number of Topliss-reactive ketones (excluding diaryl/α,β-unsaturated/α-hetero) is 1. The highest BCUT2D eigenvalue weighted by atomic mass is 32.1. The summed E-state index contributed by atoms with van der Waals surface area (Å²) in [5.74, 6) is 0.871. The van der Waals surface area contributed by atoms with Gasteiger partial charge in [-0.05, 0) is 25.3 Å². The Balaban J connectivity index is 1.28. The molecule has 190 valence electrons. The Labute approximate surface area is 209 Å². The molecule has 1 fully saturated rings. The maximum Gasteiger partial charge on any atom is 0.199 e. The zero-order valence-corrected chi connectivity index (χ0v) is 21.9. The van der Waals surface area contributed by atoms with Crippen molar-refractivity contribution in [1.82, 2.24) is 4.98 Å². The second kappa shape index (κ2) is 15.4. The molecular weight excluding hydrogens is 444 g/mol. The van der Waals surface area contributed by atoms with Gasteiger partial charge in [-0.3, -0.25) is 4.79 Å². The summed E-state index contributed by atoms with van der Waals surface area (Å²) in [7, 11) is 0. The Hall–Kier alpha value is -1.66. The quantitative estimate of drug-likeness (QED) is 0.226. The first kappa shape index (κ1) is 26.9. The van der Waals surface area contributed by atoms with E-state index < -0.39 is 0 Å². The van der Waals surface area contributed by atoms with Crippen molar-refractivity contribution >= 4 is 23.0 Å². The number of nitrogens with two attached hydrogens (primary N) is 1. The number of ether oxygens (including phenoxy) is 1. The number of hydrogen-bond acceptors (Lipinski definition) is 6. The molecule has 3 heterocycles. The maximum absolute atomic E-state index is 12.9. The van der Waals surface area contributed by atoms with Gasteiger partial charge in [0.25, 0.3) is 0 Å². The number of aromatic nitrogens is 1. The van der Waals surface area contributed by atoms with E-state index in [0.29, 0.717) is 24.7 Å². The normalized spacial score (nSPS) is 18.4. The monoisotopic (exact) mass is 488 g/mol. The Morgan fingerprint density at radius 2 is 1.68 bits per heavy atom. The number of hydrogen-bond donors (Lipinski definition) is 1. The van der Waals surface area contributed by atoms with Crippen LogP contribution in [0.4, 0.5) is 5.88 Å². The fraction of sp³-hybridized carbons (Fsp3) is 0.714. The lowest BCUT2D eigenvalue weighted by molar-refractivity contribution is -0.128. The fourth-order valence-electron chi connectivity index (χ4n) is 5.00. The number of furan rings is 1. The van der Waals surface area contributed by atoms with E-state index in [2.05, 4.69) is 11.9 Å². The molecule has 0 bridgehead atoms. The fourth-order valence-corrected chi connectivity index (χ4v) is 5.86. The van der Waals surface area contributed by atoms with E-state index in [1.54, 1.807) is 17.6 Å². The molecule has 5 nitrogen and oxygen atoms in total. The van der Waals surface area contributed by atoms with Crippen LogP contribution in [-0.4, -0.2) is 17.4 Å². The smallest absolute Gasteiger partial charge is 0.199 e. The number of anilines is 1. The molecule has 6 heteroatoms. The molecule has 0 aliphatic carbocycles. The van der Waals surface area contributed by atoms with E-state index in [-0.39, 0.29) is 12.0 Å². The minimum atomic E-state index is -0.0915. The molecule has 34 heavy (non-hydrogen) atoms. The zero-order chi connectivity index (χ0) is 24.0. The number of carbonyl (C=O) groups is 1. The zero-order valence-electron chi connectivity index (χ0n) is 21.1. The van der Waals surface area contributed by atoms with Crippen LogP contribution in [0.15, 0.2) is 22.3 Å². The largest absolute Gasteiger partial charge is 0.449 e. The van der Waals surface area contributed by atoms with Crippen LogP contribution >= 0.6 is 11.3 Å². The predicted molar refractivity (Wildman–Crippen MR) is 141 cm³/mol. The van der Waals surface area contributed by atoms with E-state index in [1.807, 2.05) is 11.6 Å². The summed E-state index contributed by atoms with van der Waals surface area (Å²) in [4.78, 5) is 18.4. The van der Waals surface area contributed by atoms with Crippen molar-refractivity contribution in [1.29, 1.82) is 0 Å². The SMILES string of the molecule is CCCCCCCCCCCCCCCC(=O)C1CCOC(c2scnc2-c2ccoc2N)C1. The third-order valence-electron chi connectivity index (χ3n) is 7.10. The van der Waals surface area contributed by atoms with Gasteiger partial charge in [-0.2, -0.15) is 0 Å². The second-order valence-electron chi connectivity index (χ2n) is 9.80. The molecule has 2 N–H and O–H groups in total. The van der Waals surface area contributed by atoms with Gasteiger partial charge in [0, 0.05) is 18.9 Å². The van der Waals surface area contributed by atoms with Gasteiger partial charge in [0.05, 0.1) is 34.0 Å². The maximum atomic E-state index is 12.9. The first-order chi connectivity index (χ1) is 16.7. The van der Waals surface area contributed by atoms with Gasteiger partial charge in [-0.1, -0.05) is 84.0 Å². The number of nitrogen functional groups attached to an aromatic ring is 1. The number of thiazole rings is 1. The minimum Gasteiger partial charge on any atom is -0.449 e. The van der Waals surface area contributed by atoms with Gasteiger partial charge in [0.15, 0.2) is 5.88 Å². The molecule has 1 saturated heterocycles. The molecule has 1 aliphatic heterocycles. The Morgan fingerprint density at radius 3 is 2.29 bits per heavy atom. The summed E-state index contributed by atoms with van der Waals surface area (Å²) in [6, 6.07) is 1.84. The van der Waals surface area contributed by atoms with Gasteiger partial charge in [0.1, 0.15) is 5.78 Å². The third kappa shape index (κ3) is 8.53. The lowest BCUT2D eigenvalue weighted by Crippen LogP contribution is -2.25. The van der Waals surface area contributed by atoms with E-state index in [0.717, 1.165) is 35.4 Å². The van der Waals surface area contributed by atoms with Crippen molar-refractivity contribution in [2.24, 2.45) is 5.92 Å². The van der Waals surface area contributed by atoms with Crippen LogP contribution in [0.25, 0.3) is 11.3 Å². The molecule has 0 saturated carbocycles. The summed E-state index contributed by atoms with van der Waals surface area (Å²) in [6.45, 7) is 2.90. The average Bonchev–Trinajstić information content (AvgIpc) is 3.50. The lowest BCUT2D eigenvalue weighted by atomic mass is 9.88. The molecule has 0 amide bonds. The summed E-state index contributed by atoms with van der Waals surface area (Å²) in [6.07, 6.45) is 21.0.